The molecule has 0 saturated heterocycles. The zero-order valence-corrected chi connectivity index (χ0v) is 17.4. The van der Waals surface area contributed by atoms with E-state index in [9.17, 15) is 4.79 Å². The molecule has 0 aliphatic rings. The van der Waals surface area contributed by atoms with Gasteiger partial charge in [0.1, 0.15) is 10.8 Å². The van der Waals surface area contributed by atoms with E-state index in [1.807, 2.05) is 24.3 Å². The molecule has 0 spiro atoms. The van der Waals surface area contributed by atoms with E-state index in [1.165, 1.54) is 23.1 Å². The van der Waals surface area contributed by atoms with Crippen molar-refractivity contribution in [2.75, 3.05) is 18.2 Å². The number of benzene rings is 2. The van der Waals surface area contributed by atoms with Crippen molar-refractivity contribution in [2.45, 2.75) is 5.75 Å². The van der Waals surface area contributed by atoms with E-state index in [0.717, 1.165) is 21.9 Å². The number of aromatic nitrogens is 2. The van der Waals surface area contributed by atoms with Crippen molar-refractivity contribution in [2.24, 2.45) is 0 Å². The van der Waals surface area contributed by atoms with Gasteiger partial charge in [-0.3, -0.25) is 10.1 Å². The van der Waals surface area contributed by atoms with Crippen LogP contribution in [-0.2, 0) is 10.5 Å². The Morgan fingerprint density at radius 3 is 2.52 bits per heavy atom. The second-order valence-electron chi connectivity index (χ2n) is 5.38. The molecule has 0 bridgehead atoms. The van der Waals surface area contributed by atoms with Crippen LogP contribution >= 0.6 is 46.3 Å². The van der Waals surface area contributed by atoms with E-state index >= 15 is 0 Å². The van der Waals surface area contributed by atoms with Crippen molar-refractivity contribution in [1.82, 2.24) is 10.2 Å². The molecule has 1 amide bonds. The Morgan fingerprint density at radius 1 is 1.15 bits per heavy atom. The van der Waals surface area contributed by atoms with Crippen LogP contribution < -0.4 is 10.1 Å². The molecule has 3 aromatic rings. The first kappa shape index (κ1) is 19.9. The molecule has 140 valence electrons. The molecule has 9 heteroatoms. The highest BCUT2D eigenvalue weighted by Gasteiger charge is 2.11. The van der Waals surface area contributed by atoms with Crippen molar-refractivity contribution in [1.29, 1.82) is 0 Å². The van der Waals surface area contributed by atoms with Gasteiger partial charge in [-0.05, 0) is 42.0 Å². The Hall–Kier alpha value is -1.80. The van der Waals surface area contributed by atoms with Gasteiger partial charge in [-0.25, -0.2) is 0 Å². The third-order valence-corrected chi connectivity index (χ3v) is 6.10. The first-order chi connectivity index (χ1) is 13.1. The fraction of sp³-hybridized carbons (Fsp3) is 0.167. The van der Waals surface area contributed by atoms with Gasteiger partial charge in [0.25, 0.3) is 0 Å². The van der Waals surface area contributed by atoms with E-state index < -0.39 is 0 Å². The predicted octanol–water partition coefficient (Wildman–Crippen LogP) is 5.39. The standard InChI is InChI=1S/C18H15Cl2N3O2S2/c1-25-12-7-5-11(6-8-12)17-22-23-18(27-17)21-16(24)10-26-9-13-14(19)3-2-4-15(13)20/h2-8H,9-10H2,1H3,(H,21,23,24). The SMILES string of the molecule is COc1ccc(-c2nnc(NC(=O)CSCc3c(Cl)cccc3Cl)s2)cc1. The largest absolute Gasteiger partial charge is 0.497 e. The minimum absolute atomic E-state index is 0.152. The maximum absolute atomic E-state index is 12.1. The average Bonchev–Trinajstić information content (AvgIpc) is 3.12. The molecular formula is C18H15Cl2N3O2S2. The van der Waals surface area contributed by atoms with Gasteiger partial charge in [-0.1, -0.05) is 40.6 Å². The second kappa shape index (κ2) is 9.41. The minimum Gasteiger partial charge on any atom is -0.497 e. The second-order valence-corrected chi connectivity index (χ2v) is 8.16. The lowest BCUT2D eigenvalue weighted by Gasteiger charge is -2.06. The molecule has 0 unspecified atom stereocenters. The molecule has 0 saturated carbocycles. The Bertz CT molecular complexity index is 912. The fourth-order valence-corrected chi connectivity index (χ4v) is 4.52. The van der Waals surface area contributed by atoms with Gasteiger partial charge in [0, 0.05) is 21.4 Å². The number of amides is 1. The number of nitrogens with zero attached hydrogens (tertiary/aromatic N) is 2. The summed E-state index contributed by atoms with van der Waals surface area (Å²) in [4.78, 5) is 12.1. The van der Waals surface area contributed by atoms with Crippen LogP contribution in [0.25, 0.3) is 10.6 Å². The van der Waals surface area contributed by atoms with Gasteiger partial charge < -0.3 is 4.74 Å². The summed E-state index contributed by atoms with van der Waals surface area (Å²) in [5.74, 6) is 1.44. The number of hydrogen-bond acceptors (Lipinski definition) is 6. The van der Waals surface area contributed by atoms with Gasteiger partial charge in [-0.2, -0.15) is 0 Å². The first-order valence-corrected chi connectivity index (χ1v) is 10.6. The van der Waals surface area contributed by atoms with Crippen molar-refractivity contribution >= 4 is 57.3 Å². The average molecular weight is 440 g/mol. The Kier molecular flexibility index (Phi) is 6.95. The molecule has 1 N–H and O–H groups in total. The van der Waals surface area contributed by atoms with E-state index in [-0.39, 0.29) is 11.7 Å². The number of ether oxygens (including phenoxy) is 1. The highest BCUT2D eigenvalue weighted by Crippen LogP contribution is 2.29. The van der Waals surface area contributed by atoms with E-state index in [1.54, 1.807) is 25.3 Å². The summed E-state index contributed by atoms with van der Waals surface area (Å²) in [6.45, 7) is 0. The van der Waals surface area contributed by atoms with E-state index in [2.05, 4.69) is 15.5 Å². The van der Waals surface area contributed by atoms with E-state index in [4.69, 9.17) is 27.9 Å². The van der Waals surface area contributed by atoms with Gasteiger partial charge in [0.2, 0.25) is 11.0 Å². The lowest BCUT2D eigenvalue weighted by molar-refractivity contribution is -0.113. The number of anilines is 1. The van der Waals surface area contributed by atoms with Crippen LogP contribution in [0.2, 0.25) is 10.0 Å². The van der Waals surface area contributed by atoms with Crippen LogP contribution in [0.4, 0.5) is 5.13 Å². The number of carbonyl (C=O) groups excluding carboxylic acids is 1. The highest BCUT2D eigenvalue weighted by molar-refractivity contribution is 7.99. The van der Waals surface area contributed by atoms with Crippen LogP contribution in [0.1, 0.15) is 5.56 Å². The Labute approximate surface area is 175 Å². The Balaban J connectivity index is 1.53. The number of thioether (sulfide) groups is 1. The molecule has 1 heterocycles. The third-order valence-electron chi connectivity index (χ3n) is 3.55. The molecular weight excluding hydrogens is 425 g/mol. The number of halogens is 2. The number of hydrogen-bond donors (Lipinski definition) is 1. The summed E-state index contributed by atoms with van der Waals surface area (Å²) >= 11 is 15.0. The quantitative estimate of drug-likeness (QED) is 0.534. The van der Waals surface area contributed by atoms with Crippen molar-refractivity contribution < 1.29 is 9.53 Å². The Morgan fingerprint density at radius 2 is 1.85 bits per heavy atom. The molecule has 5 nitrogen and oxygen atoms in total. The molecule has 1 aromatic heterocycles. The molecule has 0 atom stereocenters. The number of carbonyl (C=O) groups is 1. The minimum atomic E-state index is -0.152. The van der Waals surface area contributed by atoms with Crippen molar-refractivity contribution in [3.63, 3.8) is 0 Å². The fourth-order valence-electron chi connectivity index (χ4n) is 2.20. The van der Waals surface area contributed by atoms with Crippen molar-refractivity contribution in [3.05, 3.63) is 58.1 Å². The molecule has 0 radical (unpaired) electrons. The van der Waals surface area contributed by atoms with Crippen LogP contribution in [-0.4, -0.2) is 29.0 Å². The summed E-state index contributed by atoms with van der Waals surface area (Å²) in [7, 11) is 1.62. The monoisotopic (exact) mass is 439 g/mol. The summed E-state index contributed by atoms with van der Waals surface area (Å²) in [5, 5.41) is 13.3. The molecule has 0 aliphatic carbocycles. The zero-order valence-electron chi connectivity index (χ0n) is 14.2. The maximum atomic E-state index is 12.1. The lowest BCUT2D eigenvalue weighted by Crippen LogP contribution is -2.14. The predicted molar refractivity (Wildman–Crippen MR) is 113 cm³/mol. The summed E-state index contributed by atoms with van der Waals surface area (Å²) in [5.41, 5.74) is 1.74. The molecule has 3 rings (SSSR count). The van der Waals surface area contributed by atoms with Crippen molar-refractivity contribution in [3.8, 4) is 16.3 Å². The van der Waals surface area contributed by atoms with Crippen LogP contribution in [0.5, 0.6) is 5.75 Å². The first-order valence-electron chi connectivity index (χ1n) is 7.85. The summed E-state index contributed by atoms with van der Waals surface area (Å²) in [6, 6.07) is 12.9. The summed E-state index contributed by atoms with van der Waals surface area (Å²) in [6.07, 6.45) is 0. The van der Waals surface area contributed by atoms with E-state index in [0.29, 0.717) is 20.9 Å². The third kappa shape index (κ3) is 5.35. The van der Waals surface area contributed by atoms with Gasteiger partial charge >= 0.3 is 0 Å². The van der Waals surface area contributed by atoms with Gasteiger partial charge in [0.15, 0.2) is 0 Å². The van der Waals surface area contributed by atoms with Gasteiger partial charge in [0.05, 0.1) is 12.9 Å². The van der Waals surface area contributed by atoms with Gasteiger partial charge in [-0.15, -0.1) is 22.0 Å². The summed E-state index contributed by atoms with van der Waals surface area (Å²) < 4.78 is 5.14. The molecule has 2 aromatic carbocycles. The van der Waals surface area contributed by atoms with Crippen LogP contribution in [0.15, 0.2) is 42.5 Å². The normalized spacial score (nSPS) is 10.6. The molecule has 0 aliphatic heterocycles. The highest BCUT2D eigenvalue weighted by atomic mass is 35.5. The van der Waals surface area contributed by atoms with Crippen LogP contribution in [0.3, 0.4) is 0 Å². The molecule has 0 fully saturated rings. The topological polar surface area (TPSA) is 64.1 Å². The molecule has 27 heavy (non-hydrogen) atoms. The number of nitrogens with one attached hydrogen (secondary N) is 1. The maximum Gasteiger partial charge on any atom is 0.236 e. The zero-order chi connectivity index (χ0) is 19.2. The smallest absolute Gasteiger partial charge is 0.236 e. The lowest BCUT2D eigenvalue weighted by atomic mass is 10.2. The van der Waals surface area contributed by atoms with Crippen LogP contribution in [0, 0.1) is 0 Å². The number of rotatable bonds is 7. The number of methoxy groups -OCH3 is 1.